The molecule has 17 heavy (non-hydrogen) atoms. The molecule has 1 fully saturated rings. The highest BCUT2D eigenvalue weighted by atomic mass is 32.2. The van der Waals surface area contributed by atoms with Crippen LogP contribution in [-0.4, -0.2) is 13.7 Å². The number of benzene rings is 1. The summed E-state index contributed by atoms with van der Waals surface area (Å²) in [6.07, 6.45) is -1.88. The summed E-state index contributed by atoms with van der Waals surface area (Å²) in [6.45, 7) is 0. The first-order valence-corrected chi connectivity index (χ1v) is 6.59. The average molecular weight is 263 g/mol. The van der Waals surface area contributed by atoms with E-state index in [1.54, 1.807) is 6.42 Å². The zero-order valence-corrected chi connectivity index (χ0v) is 9.55. The van der Waals surface area contributed by atoms with Crippen molar-refractivity contribution >= 4 is 9.84 Å². The molecule has 1 aromatic rings. The highest BCUT2D eigenvalue weighted by molar-refractivity contribution is 7.92. The van der Waals surface area contributed by atoms with Gasteiger partial charge in [0.15, 0.2) is 9.84 Å². The standard InChI is InChI=1S/C11H10F3O2S/c12-11(13,14)8-3-1-6-10(7-8)17(15,16)9-4-2-5-9/h1-3,6-7,9H,4-5H2. The van der Waals surface area contributed by atoms with Gasteiger partial charge < -0.3 is 0 Å². The van der Waals surface area contributed by atoms with Crippen molar-refractivity contribution in [2.45, 2.75) is 29.2 Å². The normalized spacial score (nSPS) is 17.8. The zero-order chi connectivity index (χ0) is 12.7. The van der Waals surface area contributed by atoms with E-state index in [0.29, 0.717) is 18.9 Å². The van der Waals surface area contributed by atoms with E-state index in [-0.39, 0.29) is 4.90 Å². The number of sulfone groups is 1. The van der Waals surface area contributed by atoms with E-state index >= 15 is 0 Å². The summed E-state index contributed by atoms with van der Waals surface area (Å²) in [5.74, 6) is 0. The number of halogens is 3. The summed E-state index contributed by atoms with van der Waals surface area (Å²) < 4.78 is 61.2. The molecular weight excluding hydrogens is 253 g/mol. The molecule has 0 aromatic heterocycles. The molecule has 0 bridgehead atoms. The highest BCUT2D eigenvalue weighted by Crippen LogP contribution is 2.34. The summed E-state index contributed by atoms with van der Waals surface area (Å²) in [4.78, 5) is -0.245. The molecule has 1 aliphatic rings. The lowest BCUT2D eigenvalue weighted by Gasteiger charge is -2.25. The van der Waals surface area contributed by atoms with E-state index in [2.05, 4.69) is 0 Å². The highest BCUT2D eigenvalue weighted by Gasteiger charge is 2.35. The molecule has 1 saturated carbocycles. The molecule has 0 aliphatic heterocycles. The Morgan fingerprint density at radius 1 is 1.18 bits per heavy atom. The molecule has 0 spiro atoms. The van der Waals surface area contributed by atoms with E-state index in [4.69, 9.17) is 0 Å². The van der Waals surface area contributed by atoms with Gasteiger partial charge >= 0.3 is 6.18 Å². The van der Waals surface area contributed by atoms with Crippen LogP contribution in [0.3, 0.4) is 0 Å². The Labute approximate surface area is 97.4 Å². The maximum Gasteiger partial charge on any atom is 0.416 e. The fraction of sp³-hybridized carbons (Fsp3) is 0.364. The van der Waals surface area contributed by atoms with Crippen molar-refractivity contribution < 1.29 is 21.6 Å². The van der Waals surface area contributed by atoms with Gasteiger partial charge in [0.1, 0.15) is 0 Å². The van der Waals surface area contributed by atoms with E-state index < -0.39 is 26.8 Å². The molecule has 93 valence electrons. The van der Waals surface area contributed by atoms with Crippen LogP contribution in [-0.2, 0) is 16.0 Å². The van der Waals surface area contributed by atoms with Crippen molar-refractivity contribution in [1.29, 1.82) is 0 Å². The Morgan fingerprint density at radius 3 is 2.29 bits per heavy atom. The van der Waals surface area contributed by atoms with Crippen LogP contribution in [0, 0.1) is 6.42 Å². The molecule has 0 amide bonds. The van der Waals surface area contributed by atoms with Gasteiger partial charge in [0.05, 0.1) is 15.7 Å². The molecular formula is C11H10F3O2S. The van der Waals surface area contributed by atoms with Crippen molar-refractivity contribution in [2.24, 2.45) is 0 Å². The summed E-state index contributed by atoms with van der Waals surface area (Å²) in [6, 6.07) is 3.90. The molecule has 1 aromatic carbocycles. The van der Waals surface area contributed by atoms with Gasteiger partial charge in [-0.05, 0) is 37.5 Å². The lowest BCUT2D eigenvalue weighted by atomic mass is 10.00. The molecule has 0 N–H and O–H groups in total. The van der Waals surface area contributed by atoms with Crippen molar-refractivity contribution in [1.82, 2.24) is 0 Å². The van der Waals surface area contributed by atoms with Crippen LogP contribution < -0.4 is 0 Å². The summed E-state index contributed by atoms with van der Waals surface area (Å²) >= 11 is 0. The van der Waals surface area contributed by atoms with Gasteiger partial charge in [-0.3, -0.25) is 0 Å². The van der Waals surface area contributed by atoms with Crippen LogP contribution in [0.15, 0.2) is 29.2 Å². The Kier molecular flexibility index (Phi) is 2.93. The van der Waals surface area contributed by atoms with Gasteiger partial charge in [-0.25, -0.2) is 8.42 Å². The van der Waals surface area contributed by atoms with E-state index in [1.165, 1.54) is 6.07 Å². The maximum atomic E-state index is 12.5. The van der Waals surface area contributed by atoms with Gasteiger partial charge in [0.2, 0.25) is 0 Å². The Hall–Kier alpha value is -1.04. The topological polar surface area (TPSA) is 34.1 Å². The van der Waals surface area contributed by atoms with Gasteiger partial charge in [-0.2, -0.15) is 13.2 Å². The number of alkyl halides is 3. The monoisotopic (exact) mass is 263 g/mol. The van der Waals surface area contributed by atoms with Gasteiger partial charge in [-0.1, -0.05) is 6.07 Å². The predicted octanol–water partition coefficient (Wildman–Crippen LogP) is 2.85. The molecule has 6 heteroatoms. The smallest absolute Gasteiger partial charge is 0.223 e. The second-order valence-electron chi connectivity index (χ2n) is 3.95. The minimum Gasteiger partial charge on any atom is -0.223 e. The van der Waals surface area contributed by atoms with Crippen molar-refractivity contribution in [3.05, 3.63) is 36.2 Å². The van der Waals surface area contributed by atoms with Crippen LogP contribution in [0.1, 0.15) is 18.4 Å². The molecule has 1 radical (unpaired) electrons. The van der Waals surface area contributed by atoms with Crippen molar-refractivity contribution in [3.8, 4) is 0 Å². The minimum atomic E-state index is -4.52. The molecule has 0 heterocycles. The quantitative estimate of drug-likeness (QED) is 0.822. The second-order valence-corrected chi connectivity index (χ2v) is 6.18. The molecule has 0 unspecified atom stereocenters. The first-order valence-electron chi connectivity index (χ1n) is 5.04. The molecule has 2 nitrogen and oxygen atoms in total. The predicted molar refractivity (Wildman–Crippen MR) is 56.0 cm³/mol. The average Bonchev–Trinajstić information content (AvgIpc) is 2.13. The third kappa shape index (κ3) is 2.31. The molecule has 0 atom stereocenters. The van der Waals surface area contributed by atoms with E-state index in [9.17, 15) is 21.6 Å². The van der Waals surface area contributed by atoms with Crippen LogP contribution in [0.2, 0.25) is 0 Å². The van der Waals surface area contributed by atoms with Gasteiger partial charge in [0, 0.05) is 0 Å². The summed E-state index contributed by atoms with van der Waals surface area (Å²) in [5.41, 5.74) is -0.929. The van der Waals surface area contributed by atoms with E-state index in [0.717, 1.165) is 12.1 Å². The third-order valence-electron chi connectivity index (χ3n) is 2.79. The second kappa shape index (κ2) is 4.01. The summed E-state index contributed by atoms with van der Waals surface area (Å²) in [7, 11) is -3.62. The number of hydrogen-bond donors (Lipinski definition) is 0. The first-order chi connectivity index (χ1) is 7.82. The van der Waals surface area contributed by atoms with Crippen LogP contribution in [0.25, 0.3) is 0 Å². The number of hydrogen-bond acceptors (Lipinski definition) is 2. The fourth-order valence-electron chi connectivity index (χ4n) is 1.60. The number of rotatable bonds is 2. The Morgan fingerprint density at radius 2 is 1.82 bits per heavy atom. The minimum absolute atomic E-state index is 0.245. The Bertz CT molecular complexity index is 516. The van der Waals surface area contributed by atoms with Gasteiger partial charge in [-0.15, -0.1) is 0 Å². The Balaban J connectivity index is 2.40. The maximum absolute atomic E-state index is 12.5. The van der Waals surface area contributed by atoms with Crippen molar-refractivity contribution in [3.63, 3.8) is 0 Å². The lowest BCUT2D eigenvalue weighted by molar-refractivity contribution is -0.137. The summed E-state index contributed by atoms with van der Waals surface area (Å²) in [5, 5.41) is -0.564. The lowest BCUT2D eigenvalue weighted by Crippen LogP contribution is -2.29. The SMILES string of the molecule is O=S(=O)(c1cccc(C(F)(F)F)c1)C1C[CH]C1. The first kappa shape index (κ1) is 12.4. The molecule has 1 aliphatic carbocycles. The largest absolute Gasteiger partial charge is 0.416 e. The molecule has 2 rings (SSSR count). The van der Waals surface area contributed by atoms with E-state index in [1.807, 2.05) is 0 Å². The van der Waals surface area contributed by atoms with Crippen LogP contribution in [0.4, 0.5) is 13.2 Å². The van der Waals surface area contributed by atoms with Crippen LogP contribution in [0.5, 0.6) is 0 Å². The van der Waals surface area contributed by atoms with Gasteiger partial charge in [0.25, 0.3) is 0 Å². The third-order valence-corrected chi connectivity index (χ3v) is 4.96. The van der Waals surface area contributed by atoms with Crippen molar-refractivity contribution in [2.75, 3.05) is 0 Å². The zero-order valence-electron chi connectivity index (χ0n) is 8.74. The van der Waals surface area contributed by atoms with Crippen LogP contribution >= 0.6 is 0 Å². The fourth-order valence-corrected chi connectivity index (χ4v) is 3.32. The molecule has 0 saturated heterocycles.